The van der Waals surface area contributed by atoms with Crippen LogP contribution in [0.2, 0.25) is 0 Å². The lowest BCUT2D eigenvalue weighted by Gasteiger charge is -2.12. The lowest BCUT2D eigenvalue weighted by atomic mass is 10.1. The summed E-state index contributed by atoms with van der Waals surface area (Å²) in [5.74, 6) is -0.923. The average Bonchev–Trinajstić information content (AvgIpc) is 2.77. The third-order valence-electron chi connectivity index (χ3n) is 3.53. The van der Waals surface area contributed by atoms with Gasteiger partial charge in [-0.25, -0.2) is 4.79 Å². The number of benzene rings is 1. The predicted molar refractivity (Wildman–Crippen MR) is 74.5 cm³/mol. The minimum Gasteiger partial charge on any atom is -0.477 e. The van der Waals surface area contributed by atoms with Gasteiger partial charge in [-0.1, -0.05) is 18.2 Å². The van der Waals surface area contributed by atoms with E-state index in [0.717, 1.165) is 27.7 Å². The number of aromatic nitrogens is 1. The van der Waals surface area contributed by atoms with E-state index >= 15 is 0 Å². The van der Waals surface area contributed by atoms with Gasteiger partial charge < -0.3 is 14.8 Å². The monoisotopic (exact) mass is 250 g/mol. The van der Waals surface area contributed by atoms with Crippen LogP contribution in [0.1, 0.15) is 16.1 Å². The summed E-state index contributed by atoms with van der Waals surface area (Å²) in [4.78, 5) is 11.4. The van der Waals surface area contributed by atoms with Gasteiger partial charge in [0.1, 0.15) is 5.69 Å². The Morgan fingerprint density at radius 2 is 2.00 bits per heavy atom. The van der Waals surface area contributed by atoms with Crippen LogP contribution < -0.4 is 5.32 Å². The van der Waals surface area contributed by atoms with Gasteiger partial charge in [-0.3, -0.25) is 0 Å². The van der Waals surface area contributed by atoms with Crippen LogP contribution in [0.15, 0.2) is 42.6 Å². The van der Waals surface area contributed by atoms with Crippen LogP contribution in [0.4, 0.5) is 5.69 Å². The number of carbonyl (C=O) groups is 1. The normalized spacial score (nSPS) is 12.8. The molecule has 3 aromatic rings. The molecule has 2 aromatic heterocycles. The maximum atomic E-state index is 11.4. The van der Waals surface area contributed by atoms with Gasteiger partial charge in [-0.05, 0) is 24.3 Å². The molecule has 0 saturated carbocycles. The van der Waals surface area contributed by atoms with Crippen molar-refractivity contribution < 1.29 is 9.90 Å². The quantitative estimate of drug-likeness (QED) is 0.697. The van der Waals surface area contributed by atoms with Crippen molar-refractivity contribution in [1.29, 1.82) is 0 Å². The van der Waals surface area contributed by atoms with Crippen molar-refractivity contribution in [3.05, 3.63) is 53.9 Å². The fraction of sp³-hybridized carbons (Fsp3) is 0. The molecule has 4 rings (SSSR count). The van der Waals surface area contributed by atoms with Crippen molar-refractivity contribution in [2.24, 2.45) is 0 Å². The van der Waals surface area contributed by atoms with E-state index < -0.39 is 5.97 Å². The summed E-state index contributed by atoms with van der Waals surface area (Å²) in [7, 11) is 0. The molecule has 1 aromatic carbocycles. The maximum Gasteiger partial charge on any atom is 0.352 e. The van der Waals surface area contributed by atoms with Gasteiger partial charge in [-0.15, -0.1) is 0 Å². The Hall–Kier alpha value is -2.75. The molecule has 0 amide bonds. The summed E-state index contributed by atoms with van der Waals surface area (Å²) in [5.41, 5.74) is 4.10. The number of hydrogen-bond acceptors (Lipinski definition) is 2. The molecule has 1 aliphatic rings. The Balaban J connectivity index is 2.36. The average molecular weight is 250 g/mol. The van der Waals surface area contributed by atoms with E-state index in [1.165, 1.54) is 0 Å². The van der Waals surface area contributed by atoms with E-state index in [1.54, 1.807) is 10.5 Å². The number of nitrogens with one attached hydrogen (secondary N) is 1. The highest BCUT2D eigenvalue weighted by Crippen LogP contribution is 2.35. The summed E-state index contributed by atoms with van der Waals surface area (Å²) in [5, 5.41) is 13.6. The summed E-state index contributed by atoms with van der Waals surface area (Å²) >= 11 is 0. The zero-order valence-corrected chi connectivity index (χ0v) is 9.92. The molecular formula is C15H10N2O2. The number of hydrogen-bond donors (Lipinski definition) is 2. The number of nitrogens with zero attached hydrogens (tertiary/aromatic N) is 1. The fourth-order valence-electron chi connectivity index (χ4n) is 2.76. The van der Waals surface area contributed by atoms with Crippen LogP contribution in [0, 0.1) is 0 Å². The van der Waals surface area contributed by atoms with Gasteiger partial charge in [0.05, 0.1) is 16.7 Å². The molecule has 0 fully saturated rings. The molecule has 0 unspecified atom stereocenters. The van der Waals surface area contributed by atoms with Crippen LogP contribution in [-0.2, 0) is 0 Å². The van der Waals surface area contributed by atoms with E-state index in [9.17, 15) is 9.90 Å². The molecule has 0 spiro atoms. The van der Waals surface area contributed by atoms with E-state index in [1.807, 2.05) is 42.6 Å². The summed E-state index contributed by atoms with van der Waals surface area (Å²) < 4.78 is 1.80. The predicted octanol–water partition coefficient (Wildman–Crippen LogP) is 3.19. The smallest absolute Gasteiger partial charge is 0.352 e. The molecular weight excluding hydrogens is 240 g/mol. The first-order valence-electron chi connectivity index (χ1n) is 6.00. The first-order valence-corrected chi connectivity index (χ1v) is 6.00. The van der Waals surface area contributed by atoms with E-state index in [4.69, 9.17) is 0 Å². The van der Waals surface area contributed by atoms with Gasteiger partial charge in [-0.2, -0.15) is 0 Å². The lowest BCUT2D eigenvalue weighted by molar-refractivity contribution is 0.0689. The number of aromatic carboxylic acids is 1. The molecule has 2 N–H and O–H groups in total. The van der Waals surface area contributed by atoms with Gasteiger partial charge >= 0.3 is 5.97 Å². The van der Waals surface area contributed by atoms with E-state index in [2.05, 4.69) is 5.32 Å². The van der Waals surface area contributed by atoms with E-state index in [-0.39, 0.29) is 5.69 Å². The molecule has 0 bridgehead atoms. The van der Waals surface area contributed by atoms with Crippen LogP contribution >= 0.6 is 0 Å². The summed E-state index contributed by atoms with van der Waals surface area (Å²) in [6.45, 7) is 0. The van der Waals surface area contributed by atoms with Crippen molar-refractivity contribution in [1.82, 2.24) is 4.40 Å². The first-order chi connectivity index (χ1) is 9.27. The highest BCUT2D eigenvalue weighted by atomic mass is 16.4. The number of pyridine rings is 1. The fourth-order valence-corrected chi connectivity index (χ4v) is 2.76. The van der Waals surface area contributed by atoms with Crippen molar-refractivity contribution in [2.45, 2.75) is 0 Å². The minimum atomic E-state index is -0.923. The molecule has 4 heteroatoms. The Kier molecular flexibility index (Phi) is 1.82. The Morgan fingerprint density at radius 3 is 2.84 bits per heavy atom. The Morgan fingerprint density at radius 1 is 1.16 bits per heavy atom. The SMILES string of the molecule is O=C(O)c1ccc2c3c(c4ccccc4n13)C=CN2. The van der Waals surface area contributed by atoms with E-state index in [0.29, 0.717) is 0 Å². The highest BCUT2D eigenvalue weighted by Gasteiger charge is 2.19. The summed E-state index contributed by atoms with van der Waals surface area (Å²) in [6, 6.07) is 11.3. The van der Waals surface area contributed by atoms with Crippen LogP contribution in [0.3, 0.4) is 0 Å². The standard InChI is InChI=1S/C15H10N2O2/c18-15(19)13-6-5-11-14-10(7-8-16-11)9-3-1-2-4-12(9)17(13)14/h1-8,16H,(H,18,19). The van der Waals surface area contributed by atoms with Gasteiger partial charge in [0.15, 0.2) is 0 Å². The van der Waals surface area contributed by atoms with Crippen molar-refractivity contribution >= 4 is 34.2 Å². The van der Waals surface area contributed by atoms with Crippen LogP contribution in [-0.4, -0.2) is 15.5 Å². The van der Waals surface area contributed by atoms with Crippen molar-refractivity contribution in [3.63, 3.8) is 0 Å². The van der Waals surface area contributed by atoms with Gasteiger partial charge in [0.25, 0.3) is 0 Å². The largest absolute Gasteiger partial charge is 0.477 e. The zero-order valence-electron chi connectivity index (χ0n) is 9.92. The minimum absolute atomic E-state index is 0.276. The zero-order chi connectivity index (χ0) is 13.0. The van der Waals surface area contributed by atoms with Crippen LogP contribution in [0.25, 0.3) is 22.5 Å². The second-order valence-electron chi connectivity index (χ2n) is 4.53. The topological polar surface area (TPSA) is 53.7 Å². The second kappa shape index (κ2) is 3.38. The molecule has 0 aliphatic carbocycles. The number of carboxylic acids is 1. The van der Waals surface area contributed by atoms with Crippen molar-refractivity contribution in [2.75, 3.05) is 5.32 Å². The second-order valence-corrected chi connectivity index (χ2v) is 4.53. The van der Waals surface area contributed by atoms with Gasteiger partial charge in [0.2, 0.25) is 0 Å². The molecule has 92 valence electrons. The number of para-hydroxylation sites is 1. The first kappa shape index (κ1) is 10.2. The van der Waals surface area contributed by atoms with Crippen molar-refractivity contribution in [3.8, 4) is 0 Å². The maximum absolute atomic E-state index is 11.4. The van der Waals surface area contributed by atoms with Crippen LogP contribution in [0.5, 0.6) is 0 Å². The highest BCUT2D eigenvalue weighted by molar-refractivity contribution is 6.06. The number of carboxylic acid groups (broad SMARTS) is 1. The number of rotatable bonds is 1. The third kappa shape index (κ3) is 1.20. The molecule has 0 radical (unpaired) electrons. The molecule has 19 heavy (non-hydrogen) atoms. The lowest BCUT2D eigenvalue weighted by Crippen LogP contribution is -2.07. The third-order valence-corrected chi connectivity index (χ3v) is 3.53. The Bertz CT molecular complexity index is 875. The summed E-state index contributed by atoms with van der Waals surface area (Å²) in [6.07, 6.45) is 3.86. The molecule has 3 heterocycles. The molecule has 0 atom stereocenters. The molecule has 1 aliphatic heterocycles. The Labute approximate surface area is 108 Å². The number of fused-ring (bicyclic) bond motifs is 3. The molecule has 4 nitrogen and oxygen atoms in total. The number of anilines is 1. The van der Waals surface area contributed by atoms with Gasteiger partial charge in [0, 0.05) is 17.1 Å². The molecule has 0 saturated heterocycles.